The molecule has 11 nitrogen and oxygen atoms in total. The molecule has 2 aromatic heterocycles. The van der Waals surface area contributed by atoms with Crippen molar-refractivity contribution in [3.63, 3.8) is 0 Å². The van der Waals surface area contributed by atoms with E-state index in [0.717, 1.165) is 53.4 Å². The molecule has 0 radical (unpaired) electrons. The van der Waals surface area contributed by atoms with Gasteiger partial charge in [0.25, 0.3) is 11.2 Å². The van der Waals surface area contributed by atoms with E-state index in [1.54, 1.807) is 24.3 Å². The first-order chi connectivity index (χ1) is 19.4. The number of non-ortho nitro benzene ring substituents is 1. The van der Waals surface area contributed by atoms with Gasteiger partial charge < -0.3 is 9.88 Å². The molecule has 3 heterocycles. The van der Waals surface area contributed by atoms with Crippen molar-refractivity contribution in [2.75, 3.05) is 31.1 Å². The highest BCUT2D eigenvalue weighted by Gasteiger charge is 2.34. The number of aryl methyl sites for hydroxylation is 2. The number of nitro benzene ring substituents is 1. The number of piperazine rings is 1. The minimum absolute atomic E-state index is 0.0814. The van der Waals surface area contributed by atoms with Gasteiger partial charge in [-0.2, -0.15) is 0 Å². The minimum atomic E-state index is -0.398. The third kappa shape index (κ3) is 4.85. The second-order valence-electron chi connectivity index (χ2n) is 11.0. The molecule has 1 aliphatic heterocycles. The molecule has 1 N–H and O–H groups in total. The first kappa shape index (κ1) is 26.1. The molecule has 4 aromatic rings. The van der Waals surface area contributed by atoms with Gasteiger partial charge in [-0.05, 0) is 71.8 Å². The molecule has 1 saturated heterocycles. The smallest absolute Gasteiger partial charge is 0.269 e. The molecule has 2 aliphatic rings. The second-order valence-corrected chi connectivity index (χ2v) is 11.0. The van der Waals surface area contributed by atoms with Crippen LogP contribution in [0.3, 0.4) is 0 Å². The lowest BCUT2D eigenvalue weighted by Gasteiger charge is -2.40. The van der Waals surface area contributed by atoms with E-state index in [2.05, 4.69) is 42.4 Å². The fourth-order valence-electron chi connectivity index (χ4n) is 6.23. The second kappa shape index (κ2) is 10.8. The van der Waals surface area contributed by atoms with Crippen LogP contribution in [-0.2, 0) is 0 Å². The molecule has 1 atom stereocenters. The van der Waals surface area contributed by atoms with E-state index in [0.29, 0.717) is 37.6 Å². The number of H-pyrrole nitrogens is 1. The lowest BCUT2D eigenvalue weighted by molar-refractivity contribution is -0.384. The highest BCUT2D eigenvalue weighted by Crippen LogP contribution is 2.34. The van der Waals surface area contributed by atoms with Gasteiger partial charge in [-0.15, -0.1) is 5.10 Å². The number of benzene rings is 2. The Hall–Kier alpha value is -4.12. The summed E-state index contributed by atoms with van der Waals surface area (Å²) in [5.74, 6) is 0.712. The highest BCUT2D eigenvalue weighted by atomic mass is 16.6. The van der Waals surface area contributed by atoms with Crippen molar-refractivity contribution in [1.82, 2.24) is 30.1 Å². The summed E-state index contributed by atoms with van der Waals surface area (Å²) in [4.78, 5) is 32.1. The zero-order valence-corrected chi connectivity index (χ0v) is 22.9. The molecule has 0 unspecified atom stereocenters. The van der Waals surface area contributed by atoms with Crippen LogP contribution in [0.25, 0.3) is 10.9 Å². The summed E-state index contributed by atoms with van der Waals surface area (Å²) >= 11 is 0. The summed E-state index contributed by atoms with van der Waals surface area (Å²) in [6.07, 6.45) is 5.59. The van der Waals surface area contributed by atoms with E-state index in [9.17, 15) is 14.9 Å². The number of nitro groups is 1. The van der Waals surface area contributed by atoms with E-state index >= 15 is 0 Å². The molecule has 208 valence electrons. The van der Waals surface area contributed by atoms with Gasteiger partial charge >= 0.3 is 0 Å². The summed E-state index contributed by atoms with van der Waals surface area (Å²) in [6.45, 7) is 6.87. The maximum Gasteiger partial charge on any atom is 0.269 e. The number of hydrogen-bond acceptors (Lipinski definition) is 8. The molecule has 40 heavy (non-hydrogen) atoms. The Kier molecular flexibility index (Phi) is 7.05. The number of aromatic nitrogens is 5. The van der Waals surface area contributed by atoms with Crippen LogP contribution in [-0.4, -0.2) is 61.2 Å². The van der Waals surface area contributed by atoms with Gasteiger partial charge in [-0.3, -0.25) is 19.8 Å². The third-order valence-electron chi connectivity index (χ3n) is 8.66. The number of pyridine rings is 1. The normalized spacial score (nSPS) is 17.8. The predicted octanol–water partition coefficient (Wildman–Crippen LogP) is 4.46. The van der Waals surface area contributed by atoms with Gasteiger partial charge in [-0.1, -0.05) is 31.4 Å². The molecule has 0 spiro atoms. The fraction of sp³-hybridized carbons (Fsp3) is 0.448. The topological polar surface area (TPSA) is 126 Å². The maximum atomic E-state index is 13.7. The van der Waals surface area contributed by atoms with Crippen LogP contribution in [0, 0.1) is 24.0 Å². The zero-order chi connectivity index (χ0) is 27.8. The van der Waals surface area contributed by atoms with E-state index < -0.39 is 6.04 Å². The Balaban J connectivity index is 1.36. The molecule has 0 amide bonds. The number of rotatable bonds is 6. The molecule has 0 bridgehead atoms. The summed E-state index contributed by atoms with van der Waals surface area (Å²) in [6, 6.07) is 12.7. The Morgan fingerprint density at radius 3 is 2.42 bits per heavy atom. The first-order valence-electron chi connectivity index (χ1n) is 14.0. The van der Waals surface area contributed by atoms with Gasteiger partial charge in [0, 0.05) is 49.6 Å². The number of aromatic amines is 1. The Labute approximate surface area is 231 Å². The van der Waals surface area contributed by atoms with Crippen LogP contribution in [0.5, 0.6) is 0 Å². The summed E-state index contributed by atoms with van der Waals surface area (Å²) in [5.41, 5.74) is 4.62. The van der Waals surface area contributed by atoms with Crippen LogP contribution in [0.4, 0.5) is 11.4 Å². The number of nitrogens with zero attached hydrogens (tertiary/aromatic N) is 7. The number of nitrogens with one attached hydrogen (secondary N) is 1. The number of anilines is 1. The molecular formula is C29H34N8O3. The average molecular weight is 543 g/mol. The van der Waals surface area contributed by atoms with Crippen LogP contribution >= 0.6 is 0 Å². The quantitative estimate of drug-likeness (QED) is 0.280. The van der Waals surface area contributed by atoms with Crippen LogP contribution < -0.4 is 10.5 Å². The van der Waals surface area contributed by atoms with E-state index in [-0.39, 0.29) is 22.2 Å². The van der Waals surface area contributed by atoms with Gasteiger partial charge in [0.1, 0.15) is 6.04 Å². The third-order valence-corrected chi connectivity index (χ3v) is 8.66. The summed E-state index contributed by atoms with van der Waals surface area (Å²) in [5, 5.41) is 25.1. The van der Waals surface area contributed by atoms with Crippen molar-refractivity contribution >= 4 is 22.3 Å². The van der Waals surface area contributed by atoms with E-state index in [4.69, 9.17) is 0 Å². The highest BCUT2D eigenvalue weighted by molar-refractivity contribution is 5.83. The van der Waals surface area contributed by atoms with Gasteiger partial charge in [0.15, 0.2) is 5.82 Å². The summed E-state index contributed by atoms with van der Waals surface area (Å²) in [7, 11) is 0. The van der Waals surface area contributed by atoms with E-state index in [1.807, 2.05) is 24.6 Å². The standard InChI is InChI=1S/C29H34N8O3/c1-19-8-9-21-18-25(29(38)30-26(21)20(19)2)27(28-31-32-33-36(28)23-6-4-3-5-7-23)35-16-14-34(15-17-35)22-10-12-24(13-11-22)37(39)40/h8-13,18,23,27H,3-7,14-17H2,1-2H3,(H,30,38)/t27-/m1/s1. The van der Waals surface area contributed by atoms with Crippen LogP contribution in [0.15, 0.2) is 47.3 Å². The predicted molar refractivity (Wildman–Crippen MR) is 153 cm³/mol. The molecular weight excluding hydrogens is 508 g/mol. The molecule has 2 fully saturated rings. The largest absolute Gasteiger partial charge is 0.369 e. The van der Waals surface area contributed by atoms with Gasteiger partial charge in [0.05, 0.1) is 16.5 Å². The van der Waals surface area contributed by atoms with Crippen molar-refractivity contribution in [2.24, 2.45) is 0 Å². The first-order valence-corrected chi connectivity index (χ1v) is 14.0. The van der Waals surface area contributed by atoms with Crippen molar-refractivity contribution in [1.29, 1.82) is 0 Å². The lowest BCUT2D eigenvalue weighted by Crippen LogP contribution is -2.49. The molecule has 6 rings (SSSR count). The number of tetrazole rings is 1. The average Bonchev–Trinajstić information content (AvgIpc) is 3.46. The van der Waals surface area contributed by atoms with Crippen LogP contribution in [0.1, 0.15) is 66.7 Å². The van der Waals surface area contributed by atoms with Gasteiger partial charge in [0.2, 0.25) is 0 Å². The molecule has 1 aliphatic carbocycles. The molecule has 11 heteroatoms. The van der Waals surface area contributed by atoms with Crippen molar-refractivity contribution in [3.05, 3.63) is 85.4 Å². The monoisotopic (exact) mass is 542 g/mol. The van der Waals surface area contributed by atoms with Crippen LogP contribution in [0.2, 0.25) is 0 Å². The SMILES string of the molecule is Cc1ccc2cc([C@H](c3nnnn3C3CCCCC3)N3CCN(c4ccc([N+](=O)[O-])cc4)CC3)c(=O)[nH]c2c1C. The summed E-state index contributed by atoms with van der Waals surface area (Å²) < 4.78 is 1.97. The zero-order valence-electron chi connectivity index (χ0n) is 22.9. The van der Waals surface area contributed by atoms with Crippen molar-refractivity contribution < 1.29 is 4.92 Å². The Morgan fingerprint density at radius 1 is 1.00 bits per heavy atom. The maximum absolute atomic E-state index is 13.7. The number of fused-ring (bicyclic) bond motifs is 1. The number of hydrogen-bond donors (Lipinski definition) is 1. The van der Waals surface area contributed by atoms with Crippen molar-refractivity contribution in [2.45, 2.75) is 58.0 Å². The Bertz CT molecular complexity index is 1580. The van der Waals surface area contributed by atoms with E-state index in [1.165, 1.54) is 6.42 Å². The fourth-order valence-corrected chi connectivity index (χ4v) is 6.23. The Morgan fingerprint density at radius 2 is 1.73 bits per heavy atom. The molecule has 1 saturated carbocycles. The van der Waals surface area contributed by atoms with Gasteiger partial charge in [-0.25, -0.2) is 4.68 Å². The van der Waals surface area contributed by atoms with Crippen molar-refractivity contribution in [3.8, 4) is 0 Å². The molecule has 2 aromatic carbocycles. The lowest BCUT2D eigenvalue weighted by atomic mass is 9.94. The minimum Gasteiger partial charge on any atom is -0.369 e.